The lowest BCUT2D eigenvalue weighted by molar-refractivity contribution is -0.137. The fourth-order valence-corrected chi connectivity index (χ4v) is 4.18. The van der Waals surface area contributed by atoms with Gasteiger partial charge in [0.1, 0.15) is 5.37 Å². The van der Waals surface area contributed by atoms with Crippen LogP contribution in [0.3, 0.4) is 0 Å². The van der Waals surface area contributed by atoms with Gasteiger partial charge in [-0.3, -0.25) is 9.69 Å². The molecular formula is C16H10Cl2F3NOS. The summed E-state index contributed by atoms with van der Waals surface area (Å²) in [5, 5.41) is 0.143. The lowest BCUT2D eigenvalue weighted by Crippen LogP contribution is -2.28. The van der Waals surface area contributed by atoms with Gasteiger partial charge in [0, 0.05) is 15.7 Å². The lowest BCUT2D eigenvalue weighted by Gasteiger charge is -2.25. The molecule has 1 atom stereocenters. The lowest BCUT2D eigenvalue weighted by atomic mass is 10.1. The Bertz CT molecular complexity index is 777. The molecule has 0 saturated carbocycles. The molecule has 0 aliphatic carbocycles. The van der Waals surface area contributed by atoms with Crippen LogP contribution in [0.4, 0.5) is 18.9 Å². The van der Waals surface area contributed by atoms with Crippen molar-refractivity contribution in [2.75, 3.05) is 10.7 Å². The summed E-state index contributed by atoms with van der Waals surface area (Å²) in [5.41, 5.74) is 0.116. The van der Waals surface area contributed by atoms with Crippen LogP contribution in [0.1, 0.15) is 16.5 Å². The molecule has 0 aromatic heterocycles. The Morgan fingerprint density at radius 2 is 1.75 bits per heavy atom. The minimum atomic E-state index is -4.44. The highest BCUT2D eigenvalue weighted by Crippen LogP contribution is 2.44. The second-order valence-corrected chi connectivity index (χ2v) is 7.12. The third kappa shape index (κ3) is 3.50. The summed E-state index contributed by atoms with van der Waals surface area (Å²) in [5.74, 6) is -0.0360. The molecule has 0 bridgehead atoms. The normalized spacial score (nSPS) is 18.3. The van der Waals surface area contributed by atoms with Crippen LogP contribution < -0.4 is 4.90 Å². The van der Waals surface area contributed by atoms with E-state index in [0.29, 0.717) is 21.3 Å². The minimum Gasteiger partial charge on any atom is -0.295 e. The van der Waals surface area contributed by atoms with Gasteiger partial charge >= 0.3 is 6.18 Å². The van der Waals surface area contributed by atoms with Gasteiger partial charge in [0.15, 0.2) is 0 Å². The fraction of sp³-hybridized carbons (Fsp3) is 0.188. The Morgan fingerprint density at radius 3 is 2.38 bits per heavy atom. The van der Waals surface area contributed by atoms with Crippen molar-refractivity contribution in [3.8, 4) is 0 Å². The van der Waals surface area contributed by atoms with Gasteiger partial charge in [-0.05, 0) is 35.9 Å². The van der Waals surface area contributed by atoms with Crippen LogP contribution in [0, 0.1) is 0 Å². The number of thioether (sulfide) groups is 1. The van der Waals surface area contributed by atoms with Crippen LogP contribution in [0.25, 0.3) is 0 Å². The Morgan fingerprint density at radius 1 is 1.08 bits per heavy atom. The van der Waals surface area contributed by atoms with Gasteiger partial charge in [0.2, 0.25) is 5.91 Å². The number of carbonyl (C=O) groups is 1. The number of anilines is 1. The SMILES string of the molecule is O=C1CS[C@@H](c2cccc(C(F)(F)F)c2)N1c1cc(Cl)cc(Cl)c1. The van der Waals surface area contributed by atoms with Crippen LogP contribution in [0.2, 0.25) is 10.0 Å². The van der Waals surface area contributed by atoms with Gasteiger partial charge in [-0.2, -0.15) is 13.2 Å². The molecule has 2 nitrogen and oxygen atoms in total. The number of halogens is 5. The summed E-state index contributed by atoms with van der Waals surface area (Å²) < 4.78 is 38.8. The third-order valence-electron chi connectivity index (χ3n) is 3.49. The Kier molecular flexibility index (Phi) is 4.73. The van der Waals surface area contributed by atoms with Crippen LogP contribution >= 0.6 is 35.0 Å². The van der Waals surface area contributed by atoms with E-state index in [1.165, 1.54) is 28.8 Å². The molecule has 1 aliphatic rings. The predicted octanol–water partition coefficient (Wildman–Crippen LogP) is 5.79. The Balaban J connectivity index is 2.02. The molecule has 126 valence electrons. The first-order chi connectivity index (χ1) is 11.3. The summed E-state index contributed by atoms with van der Waals surface area (Å²) in [7, 11) is 0. The Hall–Kier alpha value is -1.37. The van der Waals surface area contributed by atoms with E-state index in [-0.39, 0.29) is 11.7 Å². The molecule has 8 heteroatoms. The highest BCUT2D eigenvalue weighted by atomic mass is 35.5. The number of rotatable bonds is 2. The van der Waals surface area contributed by atoms with Crippen molar-refractivity contribution >= 4 is 46.6 Å². The standard InChI is InChI=1S/C16H10Cl2F3NOS/c17-11-5-12(18)7-13(6-11)22-14(23)8-24-15(22)9-2-1-3-10(4-9)16(19,20)21/h1-7,15H,8H2/t15-/m0/s1. The average Bonchev–Trinajstić information content (AvgIpc) is 2.87. The van der Waals surface area contributed by atoms with Gasteiger partial charge in [-0.1, -0.05) is 35.3 Å². The van der Waals surface area contributed by atoms with E-state index in [9.17, 15) is 18.0 Å². The molecule has 2 aromatic rings. The average molecular weight is 392 g/mol. The monoisotopic (exact) mass is 391 g/mol. The van der Waals surface area contributed by atoms with Gasteiger partial charge in [-0.25, -0.2) is 0 Å². The van der Waals surface area contributed by atoms with E-state index in [2.05, 4.69) is 0 Å². The van der Waals surface area contributed by atoms with Gasteiger partial charge in [0.05, 0.1) is 11.3 Å². The first-order valence-corrected chi connectivity index (χ1v) is 8.63. The van der Waals surface area contributed by atoms with E-state index in [4.69, 9.17) is 23.2 Å². The van der Waals surface area contributed by atoms with Crippen LogP contribution in [-0.4, -0.2) is 11.7 Å². The molecule has 0 unspecified atom stereocenters. The number of hydrogen-bond acceptors (Lipinski definition) is 2. The molecule has 1 heterocycles. The minimum absolute atomic E-state index is 0.172. The number of nitrogens with zero attached hydrogens (tertiary/aromatic N) is 1. The molecule has 2 aromatic carbocycles. The van der Waals surface area contributed by atoms with E-state index in [1.807, 2.05) is 0 Å². The van der Waals surface area contributed by atoms with Crippen molar-refractivity contribution in [2.45, 2.75) is 11.6 Å². The molecule has 0 N–H and O–H groups in total. The molecule has 24 heavy (non-hydrogen) atoms. The zero-order valence-corrected chi connectivity index (χ0v) is 14.3. The van der Waals surface area contributed by atoms with Crippen LogP contribution in [-0.2, 0) is 11.0 Å². The molecule has 1 amide bonds. The van der Waals surface area contributed by atoms with Crippen molar-refractivity contribution < 1.29 is 18.0 Å². The van der Waals surface area contributed by atoms with Gasteiger partial charge in [-0.15, -0.1) is 11.8 Å². The maximum atomic E-state index is 12.9. The van der Waals surface area contributed by atoms with E-state index in [1.54, 1.807) is 18.2 Å². The van der Waals surface area contributed by atoms with E-state index < -0.39 is 17.1 Å². The Labute approximate surface area is 150 Å². The van der Waals surface area contributed by atoms with Crippen LogP contribution in [0.5, 0.6) is 0 Å². The van der Waals surface area contributed by atoms with Crippen molar-refractivity contribution in [3.05, 3.63) is 63.6 Å². The molecule has 0 radical (unpaired) electrons. The molecule has 1 saturated heterocycles. The molecule has 3 rings (SSSR count). The highest BCUT2D eigenvalue weighted by molar-refractivity contribution is 8.00. The quantitative estimate of drug-likeness (QED) is 0.645. The zero-order chi connectivity index (χ0) is 17.5. The van der Waals surface area contributed by atoms with E-state index in [0.717, 1.165) is 12.1 Å². The maximum absolute atomic E-state index is 12.9. The van der Waals surface area contributed by atoms with Crippen LogP contribution in [0.15, 0.2) is 42.5 Å². The zero-order valence-electron chi connectivity index (χ0n) is 12.0. The molecule has 0 spiro atoms. The second kappa shape index (κ2) is 6.50. The second-order valence-electron chi connectivity index (χ2n) is 5.18. The molecule has 1 aliphatic heterocycles. The van der Waals surface area contributed by atoms with Crippen molar-refractivity contribution in [2.24, 2.45) is 0 Å². The van der Waals surface area contributed by atoms with E-state index >= 15 is 0 Å². The first kappa shape index (κ1) is 17.5. The number of hydrogen-bond donors (Lipinski definition) is 0. The highest BCUT2D eigenvalue weighted by Gasteiger charge is 2.36. The fourth-order valence-electron chi connectivity index (χ4n) is 2.50. The topological polar surface area (TPSA) is 20.3 Å². The number of alkyl halides is 3. The smallest absolute Gasteiger partial charge is 0.295 e. The van der Waals surface area contributed by atoms with Gasteiger partial charge < -0.3 is 0 Å². The summed E-state index contributed by atoms with van der Waals surface area (Å²) in [6.07, 6.45) is -4.44. The number of amides is 1. The summed E-state index contributed by atoms with van der Waals surface area (Å²) >= 11 is 13.2. The van der Waals surface area contributed by atoms with Crippen molar-refractivity contribution in [1.29, 1.82) is 0 Å². The summed E-state index contributed by atoms with van der Waals surface area (Å²) in [4.78, 5) is 13.7. The van der Waals surface area contributed by atoms with Crippen molar-refractivity contribution in [3.63, 3.8) is 0 Å². The largest absolute Gasteiger partial charge is 0.416 e. The summed E-state index contributed by atoms with van der Waals surface area (Å²) in [6, 6.07) is 9.64. The predicted molar refractivity (Wildman–Crippen MR) is 90.6 cm³/mol. The maximum Gasteiger partial charge on any atom is 0.416 e. The number of benzene rings is 2. The molecule has 1 fully saturated rings. The van der Waals surface area contributed by atoms with Gasteiger partial charge in [0.25, 0.3) is 0 Å². The third-order valence-corrected chi connectivity index (χ3v) is 5.14. The molecular weight excluding hydrogens is 382 g/mol. The van der Waals surface area contributed by atoms with Crippen molar-refractivity contribution in [1.82, 2.24) is 0 Å². The first-order valence-electron chi connectivity index (χ1n) is 6.82. The summed E-state index contributed by atoms with van der Waals surface area (Å²) in [6.45, 7) is 0. The number of carbonyl (C=O) groups excluding carboxylic acids is 1.